The fourth-order valence-corrected chi connectivity index (χ4v) is 3.01. The van der Waals surface area contributed by atoms with Gasteiger partial charge in [-0.25, -0.2) is 0 Å². The molecular weight excluding hydrogens is 313 g/mol. The molecule has 2 nitrogen and oxygen atoms in total. The van der Waals surface area contributed by atoms with Crippen LogP contribution < -0.4 is 5.32 Å². The van der Waals surface area contributed by atoms with Gasteiger partial charge in [0.15, 0.2) is 3.77 Å². The van der Waals surface area contributed by atoms with Gasteiger partial charge in [0.25, 0.3) is 0 Å². The molecule has 1 aromatic heterocycles. The summed E-state index contributed by atoms with van der Waals surface area (Å²) in [6.45, 7) is 5.60. The number of hydrogen-bond acceptors (Lipinski definition) is 2. The van der Waals surface area contributed by atoms with Gasteiger partial charge in [-0.15, -0.1) is 0 Å². The average Bonchev–Trinajstić information content (AvgIpc) is 2.67. The maximum atomic E-state index is 5.56. The summed E-state index contributed by atoms with van der Waals surface area (Å²) in [4.78, 5) is 0. The van der Waals surface area contributed by atoms with E-state index in [1.54, 1.807) is 0 Å². The summed E-state index contributed by atoms with van der Waals surface area (Å²) in [6.07, 6.45) is 4.06. The fraction of sp³-hybridized carbons (Fsp3) is 0.692. The fourth-order valence-electron chi connectivity index (χ4n) is 2.55. The summed E-state index contributed by atoms with van der Waals surface area (Å²) in [5, 5.41) is 3.63. The molecule has 1 aromatic rings. The third-order valence-electron chi connectivity index (χ3n) is 3.87. The van der Waals surface area contributed by atoms with E-state index < -0.39 is 0 Å². The number of furan rings is 1. The van der Waals surface area contributed by atoms with E-state index in [2.05, 4.69) is 47.8 Å². The van der Waals surface area contributed by atoms with E-state index in [9.17, 15) is 0 Å². The highest BCUT2D eigenvalue weighted by molar-refractivity contribution is 14.1. The molecule has 3 heteroatoms. The van der Waals surface area contributed by atoms with Crippen LogP contribution in [0.25, 0.3) is 0 Å². The van der Waals surface area contributed by atoms with Gasteiger partial charge >= 0.3 is 0 Å². The maximum Gasteiger partial charge on any atom is 0.164 e. The lowest BCUT2D eigenvalue weighted by molar-refractivity contribution is 0.202. The van der Waals surface area contributed by atoms with Crippen LogP contribution >= 0.6 is 22.6 Å². The van der Waals surface area contributed by atoms with Gasteiger partial charge in [-0.3, -0.25) is 0 Å². The van der Waals surface area contributed by atoms with Crippen molar-refractivity contribution in [2.45, 2.75) is 45.7 Å². The molecule has 2 rings (SSSR count). The van der Waals surface area contributed by atoms with Crippen LogP contribution in [0.5, 0.6) is 0 Å². The van der Waals surface area contributed by atoms with Gasteiger partial charge in [0.05, 0.1) is 6.54 Å². The molecule has 3 atom stereocenters. The normalized spacial score (nSPS) is 30.6. The lowest BCUT2D eigenvalue weighted by Crippen LogP contribution is -2.40. The van der Waals surface area contributed by atoms with Gasteiger partial charge in [0, 0.05) is 6.04 Å². The Kier molecular flexibility index (Phi) is 4.30. The zero-order valence-electron chi connectivity index (χ0n) is 10.0. The van der Waals surface area contributed by atoms with E-state index in [4.69, 9.17) is 4.42 Å². The first-order chi connectivity index (χ1) is 7.66. The maximum absolute atomic E-state index is 5.56. The van der Waals surface area contributed by atoms with Crippen molar-refractivity contribution in [3.63, 3.8) is 0 Å². The molecule has 1 saturated carbocycles. The predicted molar refractivity (Wildman–Crippen MR) is 74.2 cm³/mol. The first kappa shape index (κ1) is 12.4. The van der Waals surface area contributed by atoms with Gasteiger partial charge in [-0.2, -0.15) is 0 Å². The molecular formula is C13H20INO. The lowest BCUT2D eigenvalue weighted by atomic mass is 9.78. The van der Waals surface area contributed by atoms with Crippen molar-refractivity contribution in [3.8, 4) is 0 Å². The predicted octanol–water partition coefficient (Wildman–Crippen LogP) is 3.80. The molecule has 0 aliphatic heterocycles. The lowest BCUT2D eigenvalue weighted by Gasteiger charge is -2.34. The summed E-state index contributed by atoms with van der Waals surface area (Å²) < 4.78 is 6.53. The van der Waals surface area contributed by atoms with Crippen molar-refractivity contribution < 1.29 is 4.42 Å². The van der Waals surface area contributed by atoms with Crippen LogP contribution in [0, 0.1) is 15.6 Å². The topological polar surface area (TPSA) is 25.2 Å². The summed E-state index contributed by atoms with van der Waals surface area (Å²) in [5.74, 6) is 2.68. The van der Waals surface area contributed by atoms with Crippen LogP contribution in [0.4, 0.5) is 0 Å². The first-order valence-electron chi connectivity index (χ1n) is 6.14. The number of hydrogen-bond donors (Lipinski definition) is 1. The van der Waals surface area contributed by atoms with E-state index >= 15 is 0 Å². The molecule has 3 unspecified atom stereocenters. The molecule has 1 aliphatic rings. The molecule has 1 fully saturated rings. The highest BCUT2D eigenvalue weighted by Crippen LogP contribution is 2.29. The van der Waals surface area contributed by atoms with Crippen LogP contribution in [0.1, 0.15) is 38.9 Å². The number of nitrogens with one attached hydrogen (secondary N) is 1. The minimum atomic E-state index is 0.659. The summed E-state index contributed by atoms with van der Waals surface area (Å²) >= 11 is 2.21. The van der Waals surface area contributed by atoms with Crippen LogP contribution in [0.3, 0.4) is 0 Å². The van der Waals surface area contributed by atoms with Gasteiger partial charge in [-0.05, 0) is 53.0 Å². The molecule has 0 spiro atoms. The smallest absolute Gasteiger partial charge is 0.164 e. The quantitative estimate of drug-likeness (QED) is 0.852. The second kappa shape index (κ2) is 5.54. The highest BCUT2D eigenvalue weighted by Gasteiger charge is 2.26. The van der Waals surface area contributed by atoms with Crippen LogP contribution in [0.2, 0.25) is 0 Å². The Labute approximate surface area is 111 Å². The largest absolute Gasteiger partial charge is 0.454 e. The molecule has 16 heavy (non-hydrogen) atoms. The third kappa shape index (κ3) is 3.00. The minimum Gasteiger partial charge on any atom is -0.454 e. The number of rotatable bonds is 3. The van der Waals surface area contributed by atoms with Gasteiger partial charge < -0.3 is 9.73 Å². The zero-order chi connectivity index (χ0) is 11.5. The van der Waals surface area contributed by atoms with E-state index in [1.165, 1.54) is 19.3 Å². The Morgan fingerprint density at radius 1 is 1.38 bits per heavy atom. The molecule has 0 bridgehead atoms. The van der Waals surface area contributed by atoms with Crippen molar-refractivity contribution in [1.82, 2.24) is 5.32 Å². The Bertz CT molecular complexity index is 336. The molecule has 0 amide bonds. The van der Waals surface area contributed by atoms with Crippen molar-refractivity contribution in [2.24, 2.45) is 11.8 Å². The van der Waals surface area contributed by atoms with Gasteiger partial charge in [0.1, 0.15) is 5.76 Å². The average molecular weight is 333 g/mol. The second-order valence-electron chi connectivity index (χ2n) is 4.96. The van der Waals surface area contributed by atoms with Crippen LogP contribution in [-0.2, 0) is 6.54 Å². The molecule has 1 N–H and O–H groups in total. The standard InChI is InChI=1S/C13H20INO/c1-9-4-3-5-12(10(9)2)15-8-11-6-7-13(14)16-11/h6-7,9-10,12,15H,3-5,8H2,1-2H3. The number of halogens is 1. The van der Waals surface area contributed by atoms with Crippen molar-refractivity contribution >= 4 is 22.6 Å². The SMILES string of the molecule is CC1CCCC(NCc2ccc(I)o2)C1C. The van der Waals surface area contributed by atoms with E-state index in [0.29, 0.717) is 6.04 Å². The molecule has 1 aliphatic carbocycles. The molecule has 90 valence electrons. The van der Waals surface area contributed by atoms with Crippen molar-refractivity contribution in [2.75, 3.05) is 0 Å². The van der Waals surface area contributed by atoms with E-state index in [0.717, 1.165) is 27.9 Å². The first-order valence-corrected chi connectivity index (χ1v) is 7.22. The van der Waals surface area contributed by atoms with Crippen LogP contribution in [0.15, 0.2) is 16.5 Å². The van der Waals surface area contributed by atoms with Crippen LogP contribution in [-0.4, -0.2) is 6.04 Å². The summed E-state index contributed by atoms with van der Waals surface area (Å²) in [6, 6.07) is 4.74. The second-order valence-corrected chi connectivity index (χ2v) is 6.02. The monoisotopic (exact) mass is 333 g/mol. The molecule has 0 radical (unpaired) electrons. The van der Waals surface area contributed by atoms with Gasteiger partial charge in [-0.1, -0.05) is 26.7 Å². The van der Waals surface area contributed by atoms with E-state index in [1.807, 2.05) is 6.07 Å². The molecule has 0 saturated heterocycles. The highest BCUT2D eigenvalue weighted by atomic mass is 127. The van der Waals surface area contributed by atoms with Crippen molar-refractivity contribution in [3.05, 3.63) is 21.7 Å². The zero-order valence-corrected chi connectivity index (χ0v) is 12.2. The van der Waals surface area contributed by atoms with E-state index in [-0.39, 0.29) is 0 Å². The molecule has 0 aromatic carbocycles. The Hall–Kier alpha value is -0.0300. The third-order valence-corrected chi connectivity index (χ3v) is 4.45. The molecule has 1 heterocycles. The Morgan fingerprint density at radius 2 is 2.19 bits per heavy atom. The summed E-state index contributed by atoms with van der Waals surface area (Å²) in [7, 11) is 0. The minimum absolute atomic E-state index is 0.659. The Balaban J connectivity index is 1.85. The van der Waals surface area contributed by atoms with Crippen molar-refractivity contribution in [1.29, 1.82) is 0 Å². The van der Waals surface area contributed by atoms with Gasteiger partial charge in [0.2, 0.25) is 0 Å². The Morgan fingerprint density at radius 3 is 2.88 bits per heavy atom. The summed E-state index contributed by atoms with van der Waals surface area (Å²) in [5.41, 5.74) is 0.